The standard InChI is InChI=1S/C16H24N6O3/c1-3-25-15(24)11-5-4-7-22(10-11)16-19-13(17-6-8-23)12-9-18-21(2)14(12)20-16/h9,11,23H,3-8,10H2,1-2H3,(H,17,19,20)/t11-/m1/s1. The number of anilines is 2. The van der Waals surface area contributed by atoms with E-state index in [4.69, 9.17) is 9.84 Å². The van der Waals surface area contributed by atoms with Crippen molar-refractivity contribution in [3.63, 3.8) is 0 Å². The third-order valence-electron chi connectivity index (χ3n) is 4.31. The summed E-state index contributed by atoms with van der Waals surface area (Å²) in [7, 11) is 1.83. The molecule has 1 saturated heterocycles. The van der Waals surface area contributed by atoms with Crippen molar-refractivity contribution < 1.29 is 14.6 Å². The van der Waals surface area contributed by atoms with Crippen molar-refractivity contribution in [2.45, 2.75) is 19.8 Å². The van der Waals surface area contributed by atoms with Gasteiger partial charge in [0.05, 0.1) is 30.7 Å². The number of rotatable bonds is 6. The minimum absolute atomic E-state index is 0.00966. The number of hydrogen-bond acceptors (Lipinski definition) is 8. The zero-order valence-corrected chi connectivity index (χ0v) is 14.6. The number of esters is 1. The highest BCUT2D eigenvalue weighted by Gasteiger charge is 2.28. The number of carbonyl (C=O) groups is 1. The van der Waals surface area contributed by atoms with Crippen LogP contribution in [-0.2, 0) is 16.6 Å². The number of aromatic nitrogens is 4. The lowest BCUT2D eigenvalue weighted by atomic mass is 9.98. The maximum Gasteiger partial charge on any atom is 0.310 e. The highest BCUT2D eigenvalue weighted by Crippen LogP contribution is 2.26. The minimum Gasteiger partial charge on any atom is -0.466 e. The van der Waals surface area contributed by atoms with Gasteiger partial charge in [-0.3, -0.25) is 9.48 Å². The van der Waals surface area contributed by atoms with Crippen molar-refractivity contribution in [2.75, 3.05) is 43.1 Å². The molecule has 0 spiro atoms. The van der Waals surface area contributed by atoms with Gasteiger partial charge in [0.2, 0.25) is 5.95 Å². The van der Waals surface area contributed by atoms with Crippen LogP contribution < -0.4 is 10.2 Å². The Morgan fingerprint density at radius 3 is 3.08 bits per heavy atom. The average Bonchev–Trinajstić information content (AvgIpc) is 3.01. The molecule has 1 atom stereocenters. The Morgan fingerprint density at radius 2 is 2.32 bits per heavy atom. The fraction of sp³-hybridized carbons (Fsp3) is 0.625. The molecule has 0 aromatic carbocycles. The number of carbonyl (C=O) groups excluding carboxylic acids is 1. The second-order valence-corrected chi connectivity index (χ2v) is 6.07. The number of nitrogens with one attached hydrogen (secondary N) is 1. The first-order valence-corrected chi connectivity index (χ1v) is 8.60. The van der Waals surface area contributed by atoms with Crippen LogP contribution in [0.5, 0.6) is 0 Å². The Morgan fingerprint density at radius 1 is 1.48 bits per heavy atom. The van der Waals surface area contributed by atoms with Gasteiger partial charge in [0.25, 0.3) is 0 Å². The van der Waals surface area contributed by atoms with Crippen molar-refractivity contribution in [2.24, 2.45) is 13.0 Å². The Labute approximate surface area is 146 Å². The minimum atomic E-state index is -0.160. The van der Waals surface area contributed by atoms with Crippen LogP contribution >= 0.6 is 0 Å². The van der Waals surface area contributed by atoms with Gasteiger partial charge in [0.1, 0.15) is 5.82 Å². The molecule has 1 fully saturated rings. The van der Waals surface area contributed by atoms with Crippen molar-refractivity contribution in [1.82, 2.24) is 19.7 Å². The third-order valence-corrected chi connectivity index (χ3v) is 4.31. The predicted octanol–water partition coefficient (Wildman–Crippen LogP) is 0.547. The van der Waals surface area contributed by atoms with E-state index < -0.39 is 0 Å². The summed E-state index contributed by atoms with van der Waals surface area (Å²) in [4.78, 5) is 23.3. The second-order valence-electron chi connectivity index (χ2n) is 6.07. The van der Waals surface area contributed by atoms with Gasteiger partial charge in [-0.05, 0) is 19.8 Å². The third kappa shape index (κ3) is 3.65. The first-order valence-electron chi connectivity index (χ1n) is 8.60. The number of aryl methyl sites for hydroxylation is 1. The number of aliphatic hydroxyl groups is 1. The van der Waals surface area contributed by atoms with Crippen molar-refractivity contribution in [3.8, 4) is 0 Å². The monoisotopic (exact) mass is 348 g/mol. The van der Waals surface area contributed by atoms with E-state index in [2.05, 4.69) is 20.4 Å². The zero-order valence-electron chi connectivity index (χ0n) is 14.6. The van der Waals surface area contributed by atoms with Gasteiger partial charge in [-0.1, -0.05) is 0 Å². The van der Waals surface area contributed by atoms with Gasteiger partial charge < -0.3 is 20.1 Å². The second kappa shape index (κ2) is 7.64. The molecule has 9 heteroatoms. The van der Waals surface area contributed by atoms with E-state index in [9.17, 15) is 4.79 Å². The zero-order chi connectivity index (χ0) is 17.8. The summed E-state index contributed by atoms with van der Waals surface area (Å²) in [6.07, 6.45) is 3.41. The summed E-state index contributed by atoms with van der Waals surface area (Å²) < 4.78 is 6.85. The Bertz CT molecular complexity index is 747. The summed E-state index contributed by atoms with van der Waals surface area (Å²) in [6.45, 7) is 3.95. The first-order chi connectivity index (χ1) is 12.1. The molecule has 2 N–H and O–H groups in total. The molecule has 1 aliphatic heterocycles. The molecule has 0 aliphatic carbocycles. The van der Waals surface area contributed by atoms with Crippen LogP contribution in [0.4, 0.5) is 11.8 Å². The summed E-state index contributed by atoms with van der Waals surface area (Å²) in [6, 6.07) is 0. The van der Waals surface area contributed by atoms with E-state index in [0.29, 0.717) is 37.1 Å². The van der Waals surface area contributed by atoms with Gasteiger partial charge in [0.15, 0.2) is 5.65 Å². The molecular formula is C16H24N6O3. The predicted molar refractivity (Wildman–Crippen MR) is 93.4 cm³/mol. The van der Waals surface area contributed by atoms with Gasteiger partial charge in [0, 0.05) is 26.7 Å². The van der Waals surface area contributed by atoms with E-state index in [1.807, 2.05) is 18.9 Å². The van der Waals surface area contributed by atoms with E-state index in [1.54, 1.807) is 10.9 Å². The van der Waals surface area contributed by atoms with Gasteiger partial charge in [-0.25, -0.2) is 0 Å². The van der Waals surface area contributed by atoms with E-state index >= 15 is 0 Å². The molecule has 1 aliphatic rings. The van der Waals surface area contributed by atoms with Crippen LogP contribution in [0.1, 0.15) is 19.8 Å². The largest absolute Gasteiger partial charge is 0.466 e. The molecule has 3 rings (SSSR count). The number of hydrogen-bond donors (Lipinski definition) is 2. The molecule has 0 saturated carbocycles. The SMILES string of the molecule is CCOC(=O)[C@@H]1CCCN(c2nc(NCCO)c3cnn(C)c3n2)C1. The molecule has 0 bridgehead atoms. The average molecular weight is 348 g/mol. The molecule has 9 nitrogen and oxygen atoms in total. The lowest BCUT2D eigenvalue weighted by Crippen LogP contribution is -2.40. The fourth-order valence-electron chi connectivity index (χ4n) is 3.07. The van der Waals surface area contributed by atoms with Crippen LogP contribution in [0.3, 0.4) is 0 Å². The van der Waals surface area contributed by atoms with Gasteiger partial charge in [-0.2, -0.15) is 15.1 Å². The molecule has 3 heterocycles. The quantitative estimate of drug-likeness (QED) is 0.729. The Hall–Kier alpha value is -2.42. The molecule has 2 aromatic heterocycles. The smallest absolute Gasteiger partial charge is 0.310 e. The van der Waals surface area contributed by atoms with Crippen LogP contribution in [0, 0.1) is 5.92 Å². The molecule has 136 valence electrons. The fourth-order valence-corrected chi connectivity index (χ4v) is 3.07. The van der Waals surface area contributed by atoms with E-state index in [1.165, 1.54) is 0 Å². The van der Waals surface area contributed by atoms with Crippen molar-refractivity contribution in [1.29, 1.82) is 0 Å². The van der Waals surface area contributed by atoms with Gasteiger partial charge >= 0.3 is 5.97 Å². The molecule has 25 heavy (non-hydrogen) atoms. The lowest BCUT2D eigenvalue weighted by molar-refractivity contribution is -0.148. The molecular weight excluding hydrogens is 324 g/mol. The van der Waals surface area contributed by atoms with Crippen molar-refractivity contribution in [3.05, 3.63) is 6.20 Å². The topological polar surface area (TPSA) is 105 Å². The van der Waals surface area contributed by atoms with Crippen LogP contribution in [-0.4, -0.2) is 63.7 Å². The number of fused-ring (bicyclic) bond motifs is 1. The highest BCUT2D eigenvalue weighted by atomic mass is 16.5. The maximum absolute atomic E-state index is 12.1. The first kappa shape index (κ1) is 17.4. The summed E-state index contributed by atoms with van der Waals surface area (Å²) >= 11 is 0. The van der Waals surface area contributed by atoms with Crippen LogP contribution in [0.2, 0.25) is 0 Å². The Kier molecular flexibility index (Phi) is 5.32. The highest BCUT2D eigenvalue weighted by molar-refractivity contribution is 5.87. The summed E-state index contributed by atoms with van der Waals surface area (Å²) in [5, 5.41) is 17.2. The van der Waals surface area contributed by atoms with Crippen LogP contribution in [0.15, 0.2) is 6.20 Å². The summed E-state index contributed by atoms with van der Waals surface area (Å²) in [5.74, 6) is 0.881. The lowest BCUT2D eigenvalue weighted by Gasteiger charge is -2.31. The number of aliphatic hydroxyl groups excluding tert-OH is 1. The molecule has 0 radical (unpaired) electrons. The van der Waals surface area contributed by atoms with Crippen molar-refractivity contribution >= 4 is 28.8 Å². The number of nitrogens with zero attached hydrogens (tertiary/aromatic N) is 5. The maximum atomic E-state index is 12.1. The number of piperidine rings is 1. The van der Waals surface area contributed by atoms with Gasteiger partial charge in [-0.15, -0.1) is 0 Å². The van der Waals surface area contributed by atoms with E-state index in [0.717, 1.165) is 24.8 Å². The molecule has 2 aromatic rings. The summed E-state index contributed by atoms with van der Waals surface area (Å²) in [5.41, 5.74) is 0.712. The van der Waals surface area contributed by atoms with E-state index in [-0.39, 0.29) is 18.5 Å². The molecule has 0 amide bonds. The Balaban J connectivity index is 1.89. The molecule has 0 unspecified atom stereocenters. The normalized spacial score (nSPS) is 17.7. The van der Waals surface area contributed by atoms with Crippen LogP contribution in [0.25, 0.3) is 11.0 Å². The number of ether oxygens (including phenoxy) is 1.